The highest BCUT2D eigenvalue weighted by atomic mass is 79.9. The summed E-state index contributed by atoms with van der Waals surface area (Å²) in [4.78, 5) is 12.4. The van der Waals surface area contributed by atoms with E-state index >= 15 is 0 Å². The van der Waals surface area contributed by atoms with Crippen molar-refractivity contribution in [2.24, 2.45) is 0 Å². The van der Waals surface area contributed by atoms with Crippen molar-refractivity contribution in [1.29, 1.82) is 0 Å². The number of rotatable bonds is 3. The van der Waals surface area contributed by atoms with E-state index in [9.17, 15) is 4.79 Å². The normalized spacial score (nSPS) is 11.0. The molecule has 1 aromatic heterocycles. The zero-order chi connectivity index (χ0) is 12.4. The topological polar surface area (TPSA) is 17.1 Å². The number of halogens is 1. The molecular formula is C13H13BrOS2. The lowest BCUT2D eigenvalue weighted by Crippen LogP contribution is -2.09. The molecule has 0 amide bonds. The third kappa shape index (κ3) is 2.59. The number of thioether (sulfide) groups is 1. The molecule has 4 heteroatoms. The minimum Gasteiger partial charge on any atom is -0.289 e. The van der Waals surface area contributed by atoms with Crippen LogP contribution in [-0.2, 0) is 6.42 Å². The molecule has 0 saturated carbocycles. The molecule has 0 aliphatic rings. The first-order valence-corrected chi connectivity index (χ1v) is 8.30. The summed E-state index contributed by atoms with van der Waals surface area (Å²) >= 11 is 6.82. The zero-order valence-corrected chi connectivity index (χ0v) is 13.0. The highest BCUT2D eigenvalue weighted by Crippen LogP contribution is 2.31. The lowest BCUT2D eigenvalue weighted by Gasteiger charge is -2.07. The summed E-state index contributed by atoms with van der Waals surface area (Å²) < 4.78 is 3.20. The van der Waals surface area contributed by atoms with E-state index in [2.05, 4.69) is 22.9 Å². The fourth-order valence-corrected chi connectivity index (χ4v) is 4.14. The van der Waals surface area contributed by atoms with Crippen molar-refractivity contribution < 1.29 is 0 Å². The highest BCUT2D eigenvalue weighted by Gasteiger charge is 2.11. The Morgan fingerprint density at radius 3 is 2.82 bits per heavy atom. The van der Waals surface area contributed by atoms with E-state index in [1.54, 1.807) is 23.1 Å². The Morgan fingerprint density at radius 2 is 2.18 bits per heavy atom. The third-order valence-electron chi connectivity index (χ3n) is 2.59. The van der Waals surface area contributed by atoms with Crippen LogP contribution in [0.25, 0.3) is 10.1 Å². The quantitative estimate of drug-likeness (QED) is 0.760. The third-order valence-corrected chi connectivity index (χ3v) is 5.46. The van der Waals surface area contributed by atoms with E-state index in [1.165, 1.54) is 0 Å². The first-order valence-electron chi connectivity index (χ1n) is 5.46. The fraction of sp³-hybridized carbons (Fsp3) is 0.308. The maximum absolute atomic E-state index is 12.4. The number of hydrogen-bond donors (Lipinski definition) is 0. The maximum Gasteiger partial charge on any atom is 0.192 e. The van der Waals surface area contributed by atoms with Gasteiger partial charge >= 0.3 is 0 Å². The predicted molar refractivity (Wildman–Crippen MR) is 81.6 cm³/mol. The fourth-order valence-electron chi connectivity index (χ4n) is 1.82. The minimum atomic E-state index is 0.200. The second kappa shape index (κ2) is 5.55. The van der Waals surface area contributed by atoms with Gasteiger partial charge in [-0.2, -0.15) is 0 Å². The van der Waals surface area contributed by atoms with Gasteiger partial charge < -0.3 is 0 Å². The maximum atomic E-state index is 12.4. The number of fused-ring (bicyclic) bond motifs is 1. The van der Waals surface area contributed by atoms with E-state index in [-0.39, 0.29) is 5.43 Å². The molecule has 17 heavy (non-hydrogen) atoms. The van der Waals surface area contributed by atoms with Gasteiger partial charge in [0.05, 0.1) is 4.21 Å². The molecular weight excluding hydrogens is 316 g/mol. The van der Waals surface area contributed by atoms with Gasteiger partial charge in [0.15, 0.2) is 5.43 Å². The average Bonchev–Trinajstić information content (AvgIpc) is 2.33. The van der Waals surface area contributed by atoms with Gasteiger partial charge in [-0.05, 0) is 30.9 Å². The largest absolute Gasteiger partial charge is 0.289 e. The van der Waals surface area contributed by atoms with E-state index in [4.69, 9.17) is 0 Å². The summed E-state index contributed by atoms with van der Waals surface area (Å²) in [7, 11) is 0. The van der Waals surface area contributed by atoms with Crippen molar-refractivity contribution >= 4 is 49.1 Å². The molecule has 0 radical (unpaired) electrons. The van der Waals surface area contributed by atoms with Crippen LogP contribution in [0.1, 0.15) is 18.9 Å². The number of hydrogen-bond acceptors (Lipinski definition) is 3. The molecule has 1 nitrogen and oxygen atoms in total. The van der Waals surface area contributed by atoms with Crippen molar-refractivity contribution in [3.05, 3.63) is 38.5 Å². The molecule has 0 aliphatic heterocycles. The standard InChI is InChI=1S/C13H13BrOS2/c1-3-4-9-12(15)10-7-8(14)5-6-11(10)17-13(9)16-2/h5-7H,3-4H2,1-2H3. The Labute approximate surface area is 117 Å². The zero-order valence-electron chi connectivity index (χ0n) is 9.75. The summed E-state index contributed by atoms with van der Waals surface area (Å²) in [5.74, 6) is 0. The molecule has 90 valence electrons. The van der Waals surface area contributed by atoms with Gasteiger partial charge in [-0.3, -0.25) is 4.79 Å². The Balaban J connectivity index is 2.79. The van der Waals surface area contributed by atoms with E-state index < -0.39 is 0 Å². The van der Waals surface area contributed by atoms with E-state index in [1.807, 2.05) is 24.5 Å². The molecule has 0 bridgehead atoms. The summed E-state index contributed by atoms with van der Waals surface area (Å²) in [6, 6.07) is 5.93. The second-order valence-electron chi connectivity index (χ2n) is 3.79. The highest BCUT2D eigenvalue weighted by molar-refractivity contribution is 9.10. The van der Waals surface area contributed by atoms with Crippen molar-refractivity contribution in [3.63, 3.8) is 0 Å². The molecule has 1 aromatic carbocycles. The van der Waals surface area contributed by atoms with Crippen LogP contribution in [0.5, 0.6) is 0 Å². The summed E-state index contributed by atoms with van der Waals surface area (Å²) in [6.45, 7) is 2.11. The molecule has 2 rings (SSSR count). The monoisotopic (exact) mass is 328 g/mol. The Kier molecular flexibility index (Phi) is 4.28. The van der Waals surface area contributed by atoms with Crippen LogP contribution in [0.2, 0.25) is 0 Å². The van der Waals surface area contributed by atoms with Gasteiger partial charge in [0.2, 0.25) is 0 Å². The molecule has 0 atom stereocenters. The molecule has 0 N–H and O–H groups in total. The Bertz CT molecular complexity index is 604. The van der Waals surface area contributed by atoms with Crippen molar-refractivity contribution in [2.75, 3.05) is 6.26 Å². The number of benzene rings is 1. The summed E-state index contributed by atoms with van der Waals surface area (Å²) in [5, 5.41) is 0.839. The Hall–Kier alpha value is -0.320. The first-order chi connectivity index (χ1) is 8.17. The van der Waals surface area contributed by atoms with Crippen LogP contribution < -0.4 is 5.43 Å². The van der Waals surface area contributed by atoms with Gasteiger partial charge in [-0.1, -0.05) is 29.3 Å². The van der Waals surface area contributed by atoms with Crippen LogP contribution in [0.15, 0.2) is 31.7 Å². The SMILES string of the molecule is CCCc1c(SC)sc2ccc(Br)cc2c1=O. The molecule has 0 saturated heterocycles. The lowest BCUT2D eigenvalue weighted by molar-refractivity contribution is 0.903. The molecule has 0 fully saturated rings. The molecule has 2 aromatic rings. The van der Waals surface area contributed by atoms with E-state index in [0.29, 0.717) is 0 Å². The van der Waals surface area contributed by atoms with Crippen LogP contribution in [0, 0.1) is 0 Å². The van der Waals surface area contributed by atoms with E-state index in [0.717, 1.165) is 37.2 Å². The van der Waals surface area contributed by atoms with Gasteiger partial charge in [-0.15, -0.1) is 23.1 Å². The van der Waals surface area contributed by atoms with Crippen molar-refractivity contribution in [3.8, 4) is 0 Å². The predicted octanol–water partition coefficient (Wildman–Crippen LogP) is 4.70. The summed E-state index contributed by atoms with van der Waals surface area (Å²) in [6.07, 6.45) is 3.91. The molecule has 0 spiro atoms. The molecule has 0 aliphatic carbocycles. The van der Waals surface area contributed by atoms with Crippen LogP contribution in [0.3, 0.4) is 0 Å². The summed E-state index contributed by atoms with van der Waals surface area (Å²) in [5.41, 5.74) is 1.18. The van der Waals surface area contributed by atoms with Gasteiger partial charge in [0, 0.05) is 20.1 Å². The van der Waals surface area contributed by atoms with Crippen LogP contribution in [-0.4, -0.2) is 6.26 Å². The van der Waals surface area contributed by atoms with Crippen LogP contribution >= 0.6 is 39.0 Å². The smallest absolute Gasteiger partial charge is 0.192 e. The van der Waals surface area contributed by atoms with Gasteiger partial charge in [0.25, 0.3) is 0 Å². The lowest BCUT2D eigenvalue weighted by atomic mass is 10.1. The average molecular weight is 329 g/mol. The first kappa shape index (κ1) is 13.1. The minimum absolute atomic E-state index is 0.200. The van der Waals surface area contributed by atoms with Crippen molar-refractivity contribution in [1.82, 2.24) is 0 Å². The molecule has 1 heterocycles. The van der Waals surface area contributed by atoms with Gasteiger partial charge in [0.1, 0.15) is 0 Å². The van der Waals surface area contributed by atoms with Crippen molar-refractivity contribution in [2.45, 2.75) is 24.0 Å². The molecule has 0 unspecified atom stereocenters. The Morgan fingerprint density at radius 1 is 1.41 bits per heavy atom. The van der Waals surface area contributed by atoms with Gasteiger partial charge in [-0.25, -0.2) is 0 Å². The second-order valence-corrected chi connectivity index (χ2v) is 6.83. The van der Waals surface area contributed by atoms with Crippen LogP contribution in [0.4, 0.5) is 0 Å².